The number of carbonyl (C=O) groups excluding carboxylic acids is 1. The van der Waals surface area contributed by atoms with E-state index in [1.807, 2.05) is 23.1 Å². The highest BCUT2D eigenvalue weighted by atomic mass is 32.2. The first-order chi connectivity index (χ1) is 14.4. The lowest BCUT2D eigenvalue weighted by Crippen LogP contribution is -2.36. The summed E-state index contributed by atoms with van der Waals surface area (Å²) in [6.45, 7) is 2.22. The number of ether oxygens (including phenoxy) is 1. The number of amides is 1. The lowest BCUT2D eigenvalue weighted by Gasteiger charge is -2.25. The Morgan fingerprint density at radius 2 is 1.93 bits per heavy atom. The third-order valence-corrected chi connectivity index (χ3v) is 6.39. The Kier molecular flexibility index (Phi) is 7.47. The number of likely N-dealkylation sites (tertiary alicyclic amines) is 1. The zero-order valence-electron chi connectivity index (χ0n) is 17.2. The Labute approximate surface area is 178 Å². The van der Waals surface area contributed by atoms with Crippen LogP contribution < -0.4 is 15.2 Å². The predicted octanol–water partition coefficient (Wildman–Crippen LogP) is 2.06. The number of benzene rings is 2. The maximum Gasteiger partial charge on any atom is 0.238 e. The summed E-state index contributed by atoms with van der Waals surface area (Å²) in [4.78, 5) is 14.4. The van der Waals surface area contributed by atoms with E-state index in [9.17, 15) is 13.2 Å². The molecule has 1 saturated heterocycles. The molecule has 1 unspecified atom stereocenters. The van der Waals surface area contributed by atoms with Gasteiger partial charge in [-0.2, -0.15) is 0 Å². The molecule has 1 fully saturated rings. The maximum atomic E-state index is 12.3. The molecule has 2 aromatic rings. The van der Waals surface area contributed by atoms with Crippen LogP contribution in [0.4, 0.5) is 0 Å². The van der Waals surface area contributed by atoms with Crippen molar-refractivity contribution < 1.29 is 17.9 Å². The number of carbonyl (C=O) groups is 1. The molecule has 1 amide bonds. The summed E-state index contributed by atoms with van der Waals surface area (Å²) >= 11 is 0. The van der Waals surface area contributed by atoms with Crippen molar-refractivity contribution >= 4 is 15.9 Å². The van der Waals surface area contributed by atoms with Crippen LogP contribution in [-0.2, 0) is 27.8 Å². The van der Waals surface area contributed by atoms with Crippen LogP contribution in [0.15, 0.2) is 53.4 Å². The van der Waals surface area contributed by atoms with Crippen LogP contribution >= 0.6 is 0 Å². The SMILES string of the molecule is COc1cccc(CNCCC2CCC(=O)N2CCc2ccc(S(N)(=O)=O)cc2)c1. The van der Waals surface area contributed by atoms with Gasteiger partial charge in [-0.3, -0.25) is 4.79 Å². The van der Waals surface area contributed by atoms with E-state index in [1.165, 1.54) is 12.1 Å². The van der Waals surface area contributed by atoms with Gasteiger partial charge in [0.25, 0.3) is 0 Å². The highest BCUT2D eigenvalue weighted by Gasteiger charge is 2.29. The zero-order chi connectivity index (χ0) is 21.6. The van der Waals surface area contributed by atoms with Gasteiger partial charge in [0, 0.05) is 25.6 Å². The molecule has 162 valence electrons. The van der Waals surface area contributed by atoms with Crippen LogP contribution in [0.25, 0.3) is 0 Å². The quantitative estimate of drug-likeness (QED) is 0.561. The Bertz CT molecular complexity index is 961. The molecule has 3 rings (SSSR count). The van der Waals surface area contributed by atoms with Gasteiger partial charge in [-0.1, -0.05) is 24.3 Å². The molecule has 0 radical (unpaired) electrons. The van der Waals surface area contributed by atoms with Gasteiger partial charge in [-0.05, 0) is 61.2 Å². The summed E-state index contributed by atoms with van der Waals surface area (Å²) in [5.74, 6) is 1.04. The van der Waals surface area contributed by atoms with Crippen LogP contribution in [0.5, 0.6) is 5.75 Å². The van der Waals surface area contributed by atoms with E-state index < -0.39 is 10.0 Å². The van der Waals surface area contributed by atoms with Gasteiger partial charge < -0.3 is 15.0 Å². The van der Waals surface area contributed by atoms with E-state index in [2.05, 4.69) is 11.4 Å². The predicted molar refractivity (Wildman–Crippen MR) is 116 cm³/mol. The fraction of sp³-hybridized carbons (Fsp3) is 0.409. The second-order valence-corrected chi connectivity index (χ2v) is 9.10. The van der Waals surface area contributed by atoms with E-state index in [0.717, 1.165) is 42.8 Å². The van der Waals surface area contributed by atoms with Gasteiger partial charge in [0.2, 0.25) is 15.9 Å². The number of methoxy groups -OCH3 is 1. The highest BCUT2D eigenvalue weighted by Crippen LogP contribution is 2.22. The van der Waals surface area contributed by atoms with Gasteiger partial charge >= 0.3 is 0 Å². The molecule has 2 aromatic carbocycles. The van der Waals surface area contributed by atoms with E-state index >= 15 is 0 Å². The van der Waals surface area contributed by atoms with Crippen LogP contribution in [-0.4, -0.2) is 45.5 Å². The molecule has 0 bridgehead atoms. The molecule has 0 spiro atoms. The normalized spacial score (nSPS) is 16.8. The summed E-state index contributed by atoms with van der Waals surface area (Å²) in [6, 6.07) is 14.7. The van der Waals surface area contributed by atoms with E-state index in [4.69, 9.17) is 9.88 Å². The Balaban J connectivity index is 1.47. The summed E-state index contributed by atoms with van der Waals surface area (Å²) in [6.07, 6.45) is 3.05. The Morgan fingerprint density at radius 1 is 1.17 bits per heavy atom. The van der Waals surface area contributed by atoms with Crippen molar-refractivity contribution in [1.82, 2.24) is 10.2 Å². The monoisotopic (exact) mass is 431 g/mol. The lowest BCUT2D eigenvalue weighted by atomic mass is 10.1. The minimum absolute atomic E-state index is 0.100. The van der Waals surface area contributed by atoms with Crippen LogP contribution in [0.3, 0.4) is 0 Å². The van der Waals surface area contributed by atoms with Crippen molar-refractivity contribution in [3.63, 3.8) is 0 Å². The number of nitrogens with two attached hydrogens (primary N) is 1. The number of primary sulfonamides is 1. The Morgan fingerprint density at radius 3 is 2.63 bits per heavy atom. The molecule has 0 aliphatic carbocycles. The zero-order valence-corrected chi connectivity index (χ0v) is 18.0. The first-order valence-electron chi connectivity index (χ1n) is 10.1. The summed E-state index contributed by atoms with van der Waals surface area (Å²) in [5, 5.41) is 8.58. The molecule has 1 aliphatic heterocycles. The minimum atomic E-state index is -3.68. The van der Waals surface area contributed by atoms with E-state index in [1.54, 1.807) is 19.2 Å². The Hall–Kier alpha value is -2.42. The fourth-order valence-electron chi connectivity index (χ4n) is 3.78. The molecule has 0 saturated carbocycles. The molecule has 1 aliphatic rings. The summed E-state index contributed by atoms with van der Waals surface area (Å²) < 4.78 is 28.0. The van der Waals surface area contributed by atoms with Crippen LogP contribution in [0.2, 0.25) is 0 Å². The highest BCUT2D eigenvalue weighted by molar-refractivity contribution is 7.89. The number of rotatable bonds is 10. The number of hydrogen-bond donors (Lipinski definition) is 2. The number of nitrogens with zero attached hydrogens (tertiary/aromatic N) is 1. The van der Waals surface area contributed by atoms with Crippen LogP contribution in [0.1, 0.15) is 30.4 Å². The molecule has 0 aromatic heterocycles. The van der Waals surface area contributed by atoms with Crippen molar-refractivity contribution in [2.45, 2.75) is 43.2 Å². The van der Waals surface area contributed by atoms with Crippen molar-refractivity contribution in [2.24, 2.45) is 5.14 Å². The number of nitrogens with one attached hydrogen (secondary N) is 1. The fourth-order valence-corrected chi connectivity index (χ4v) is 4.30. The summed E-state index contributed by atoms with van der Waals surface area (Å²) in [7, 11) is -2.02. The van der Waals surface area contributed by atoms with Crippen LogP contribution in [0, 0.1) is 0 Å². The molecule has 8 heteroatoms. The molecular weight excluding hydrogens is 402 g/mol. The first-order valence-corrected chi connectivity index (χ1v) is 11.7. The van der Waals surface area contributed by atoms with Gasteiger partial charge in [0.15, 0.2) is 0 Å². The van der Waals surface area contributed by atoms with Gasteiger partial charge in [0.05, 0.1) is 12.0 Å². The second kappa shape index (κ2) is 10.1. The van der Waals surface area contributed by atoms with Crippen molar-refractivity contribution in [1.29, 1.82) is 0 Å². The average Bonchev–Trinajstić information content (AvgIpc) is 3.09. The van der Waals surface area contributed by atoms with Gasteiger partial charge in [-0.15, -0.1) is 0 Å². The smallest absolute Gasteiger partial charge is 0.238 e. The number of sulfonamides is 1. The standard InChI is InChI=1S/C22H29N3O4S/c1-29-20-4-2-3-18(15-20)16-24-13-11-19-7-10-22(26)25(19)14-12-17-5-8-21(9-6-17)30(23,27)28/h2-6,8-9,15,19,24H,7,10-14,16H2,1H3,(H2,23,27,28). The average molecular weight is 432 g/mol. The third kappa shape index (κ3) is 6.04. The minimum Gasteiger partial charge on any atom is -0.497 e. The third-order valence-electron chi connectivity index (χ3n) is 5.46. The van der Waals surface area contributed by atoms with E-state index in [0.29, 0.717) is 19.4 Å². The molecule has 7 nitrogen and oxygen atoms in total. The van der Waals surface area contributed by atoms with Gasteiger partial charge in [0.1, 0.15) is 5.75 Å². The van der Waals surface area contributed by atoms with Crippen molar-refractivity contribution in [3.05, 3.63) is 59.7 Å². The first kappa shape index (κ1) is 22.3. The van der Waals surface area contributed by atoms with Crippen molar-refractivity contribution in [2.75, 3.05) is 20.2 Å². The second-order valence-electron chi connectivity index (χ2n) is 7.54. The van der Waals surface area contributed by atoms with Crippen molar-refractivity contribution in [3.8, 4) is 5.75 Å². The molecule has 1 atom stereocenters. The lowest BCUT2D eigenvalue weighted by molar-refractivity contribution is -0.129. The molecule has 30 heavy (non-hydrogen) atoms. The molecular formula is C22H29N3O4S. The summed E-state index contributed by atoms with van der Waals surface area (Å²) in [5.41, 5.74) is 2.15. The number of hydrogen-bond acceptors (Lipinski definition) is 5. The maximum absolute atomic E-state index is 12.3. The molecule has 1 heterocycles. The topological polar surface area (TPSA) is 102 Å². The van der Waals surface area contributed by atoms with E-state index in [-0.39, 0.29) is 16.8 Å². The molecule has 3 N–H and O–H groups in total. The van der Waals surface area contributed by atoms with Gasteiger partial charge in [-0.25, -0.2) is 13.6 Å². The largest absolute Gasteiger partial charge is 0.497 e.